The SMILES string of the molecule is CC1(C)CC(NC(=O)C2=CN3C4CCCCC4OC4C(N5CCC(NC(=O)OC(C)(C)C)C5)C(F)CC(C2=O)C43)CC(C)(C)N1. The molecular formula is C34H54FN5O5. The van der Waals surface area contributed by atoms with E-state index in [1.807, 2.05) is 20.8 Å². The molecule has 11 heteroatoms. The number of amides is 2. The van der Waals surface area contributed by atoms with E-state index in [4.69, 9.17) is 9.47 Å². The summed E-state index contributed by atoms with van der Waals surface area (Å²) in [5.74, 6) is -1.26. The summed E-state index contributed by atoms with van der Waals surface area (Å²) in [4.78, 5) is 44.7. The van der Waals surface area contributed by atoms with Crippen LogP contribution in [-0.4, -0.2) is 106 Å². The number of piperidine rings is 1. The highest BCUT2D eigenvalue weighted by Crippen LogP contribution is 2.47. The molecule has 8 unspecified atom stereocenters. The molecule has 10 nitrogen and oxygen atoms in total. The van der Waals surface area contributed by atoms with Crippen LogP contribution in [0.4, 0.5) is 9.18 Å². The number of likely N-dealkylation sites (tertiary alicyclic amines) is 1. The minimum Gasteiger partial charge on any atom is -0.444 e. The first-order chi connectivity index (χ1) is 21.0. The summed E-state index contributed by atoms with van der Waals surface area (Å²) in [5.41, 5.74) is -0.749. The molecule has 252 valence electrons. The fourth-order valence-electron chi connectivity index (χ4n) is 9.50. The van der Waals surface area contributed by atoms with Gasteiger partial charge in [0, 0.05) is 48.4 Å². The first-order valence-corrected chi connectivity index (χ1v) is 17.2. The maximum atomic E-state index is 16.4. The number of nitrogens with zero attached hydrogens (tertiary/aromatic N) is 2. The molecule has 3 N–H and O–H groups in total. The van der Waals surface area contributed by atoms with Gasteiger partial charge in [-0.05, 0) is 87.0 Å². The van der Waals surface area contributed by atoms with E-state index in [9.17, 15) is 14.4 Å². The predicted octanol–water partition coefficient (Wildman–Crippen LogP) is 3.58. The quantitative estimate of drug-likeness (QED) is 0.404. The number of ketones is 1. The van der Waals surface area contributed by atoms with Crippen molar-refractivity contribution in [1.29, 1.82) is 0 Å². The Morgan fingerprint density at radius 3 is 2.40 bits per heavy atom. The highest BCUT2D eigenvalue weighted by atomic mass is 19.1. The number of carbonyl (C=O) groups excluding carboxylic acids is 3. The molecule has 2 aliphatic carbocycles. The average Bonchev–Trinajstić information content (AvgIpc) is 3.34. The van der Waals surface area contributed by atoms with Gasteiger partial charge in [0.15, 0.2) is 5.78 Å². The van der Waals surface area contributed by atoms with Gasteiger partial charge in [0.05, 0.1) is 35.9 Å². The Morgan fingerprint density at radius 2 is 1.71 bits per heavy atom. The summed E-state index contributed by atoms with van der Waals surface area (Å²) in [7, 11) is 0. The van der Waals surface area contributed by atoms with Gasteiger partial charge in [-0.3, -0.25) is 14.5 Å². The third kappa shape index (κ3) is 6.77. The van der Waals surface area contributed by atoms with E-state index >= 15 is 4.39 Å². The smallest absolute Gasteiger partial charge is 0.407 e. The Labute approximate surface area is 267 Å². The van der Waals surface area contributed by atoms with Crippen molar-refractivity contribution in [1.82, 2.24) is 25.8 Å². The lowest BCUT2D eigenvalue weighted by molar-refractivity contribution is -0.209. The lowest BCUT2D eigenvalue weighted by atomic mass is 9.69. The summed E-state index contributed by atoms with van der Waals surface area (Å²) in [5, 5.41) is 9.80. The van der Waals surface area contributed by atoms with Gasteiger partial charge in [-0.15, -0.1) is 0 Å². The standard InChI is InChI=1S/C34H54FN5O5/c1-32(2,3)45-31(43)37-19-12-13-39(17-19)27-23(35)14-21-26-29(27)44-25-11-9-8-10-24(25)40(26)18-22(28(21)41)30(42)36-20-15-33(4,5)38-34(6,7)16-20/h18-21,23-27,29,38H,8-17H2,1-7H3,(H,36,42)(H,37,43). The first kappa shape index (κ1) is 32.7. The molecule has 0 bridgehead atoms. The molecule has 2 amide bonds. The van der Waals surface area contributed by atoms with Crippen molar-refractivity contribution >= 4 is 17.8 Å². The second-order valence-electron chi connectivity index (χ2n) is 16.8. The monoisotopic (exact) mass is 631 g/mol. The number of alkyl carbamates (subject to hydrolysis) is 1. The summed E-state index contributed by atoms with van der Waals surface area (Å²) in [6.45, 7) is 15.1. The summed E-state index contributed by atoms with van der Waals surface area (Å²) in [6, 6.07) is -1.01. The van der Waals surface area contributed by atoms with E-state index < -0.39 is 35.9 Å². The van der Waals surface area contributed by atoms with Crippen molar-refractivity contribution in [3.05, 3.63) is 11.8 Å². The van der Waals surface area contributed by atoms with Gasteiger partial charge < -0.3 is 30.3 Å². The van der Waals surface area contributed by atoms with Crippen LogP contribution in [0.2, 0.25) is 0 Å². The van der Waals surface area contributed by atoms with Gasteiger partial charge in [-0.1, -0.05) is 12.8 Å². The van der Waals surface area contributed by atoms with E-state index in [2.05, 4.69) is 53.4 Å². The van der Waals surface area contributed by atoms with Crippen molar-refractivity contribution in [3.8, 4) is 0 Å². The van der Waals surface area contributed by atoms with Crippen molar-refractivity contribution in [2.75, 3.05) is 13.1 Å². The molecule has 8 atom stereocenters. The maximum absolute atomic E-state index is 16.4. The van der Waals surface area contributed by atoms with Crippen LogP contribution in [0.1, 0.15) is 99.8 Å². The number of morpholine rings is 1. The Balaban J connectivity index is 1.23. The van der Waals surface area contributed by atoms with Crippen LogP contribution in [0.3, 0.4) is 0 Å². The average molecular weight is 632 g/mol. The van der Waals surface area contributed by atoms with E-state index in [0.29, 0.717) is 19.5 Å². The Hall–Kier alpha value is -2.24. The lowest BCUT2D eigenvalue weighted by Gasteiger charge is -2.60. The normalized spacial score (nSPS) is 38.1. The maximum Gasteiger partial charge on any atom is 0.407 e. The Bertz CT molecular complexity index is 1200. The molecule has 6 rings (SSSR count). The van der Waals surface area contributed by atoms with Gasteiger partial charge in [0.25, 0.3) is 5.91 Å². The first-order valence-electron chi connectivity index (χ1n) is 17.2. The minimum atomic E-state index is -1.30. The molecule has 0 aromatic heterocycles. The summed E-state index contributed by atoms with van der Waals surface area (Å²) < 4.78 is 28.7. The number of fused-ring (bicyclic) bond motifs is 2. The molecule has 0 radical (unpaired) electrons. The van der Waals surface area contributed by atoms with Crippen molar-refractivity contribution in [3.63, 3.8) is 0 Å². The molecule has 5 fully saturated rings. The molecule has 0 aromatic carbocycles. The Morgan fingerprint density at radius 1 is 1.02 bits per heavy atom. The number of hydrogen-bond acceptors (Lipinski definition) is 8. The van der Waals surface area contributed by atoms with Crippen LogP contribution in [0.15, 0.2) is 11.8 Å². The molecule has 0 aromatic rings. The van der Waals surface area contributed by atoms with E-state index in [1.54, 1.807) is 6.20 Å². The fraction of sp³-hybridized carbons (Fsp3) is 0.853. The predicted molar refractivity (Wildman–Crippen MR) is 168 cm³/mol. The number of alkyl halides is 1. The number of carbonyl (C=O) groups is 3. The number of ether oxygens (including phenoxy) is 2. The zero-order chi connectivity index (χ0) is 32.5. The van der Waals surface area contributed by atoms with Gasteiger partial charge in [0.1, 0.15) is 11.8 Å². The second-order valence-corrected chi connectivity index (χ2v) is 16.8. The number of halogens is 1. The molecule has 45 heavy (non-hydrogen) atoms. The van der Waals surface area contributed by atoms with E-state index in [1.165, 1.54) is 0 Å². The van der Waals surface area contributed by atoms with Crippen molar-refractivity contribution in [2.24, 2.45) is 5.92 Å². The summed E-state index contributed by atoms with van der Waals surface area (Å²) >= 11 is 0. The molecule has 4 heterocycles. The van der Waals surface area contributed by atoms with Crippen LogP contribution in [-0.2, 0) is 19.1 Å². The number of hydrogen-bond donors (Lipinski definition) is 3. The van der Waals surface area contributed by atoms with E-state index in [0.717, 1.165) is 38.5 Å². The van der Waals surface area contributed by atoms with Gasteiger partial charge in [-0.25, -0.2) is 9.18 Å². The zero-order valence-corrected chi connectivity index (χ0v) is 28.2. The molecule has 2 saturated carbocycles. The molecule has 3 saturated heterocycles. The van der Waals surface area contributed by atoms with Crippen LogP contribution in [0.5, 0.6) is 0 Å². The number of Topliss-reactive ketones (excluding diaryl/α,β-unsaturated/α-hetero) is 1. The topological polar surface area (TPSA) is 112 Å². The van der Waals surface area contributed by atoms with Gasteiger partial charge >= 0.3 is 6.09 Å². The van der Waals surface area contributed by atoms with Gasteiger partial charge in [0.2, 0.25) is 0 Å². The lowest BCUT2D eigenvalue weighted by Crippen LogP contribution is -2.73. The van der Waals surface area contributed by atoms with Crippen LogP contribution in [0, 0.1) is 5.92 Å². The zero-order valence-electron chi connectivity index (χ0n) is 28.2. The largest absolute Gasteiger partial charge is 0.444 e. The summed E-state index contributed by atoms with van der Waals surface area (Å²) in [6.07, 6.45) is 5.63. The number of rotatable bonds is 4. The third-order valence-corrected chi connectivity index (χ3v) is 10.7. The number of nitrogens with one attached hydrogen (secondary N) is 3. The molecule has 4 aliphatic heterocycles. The Kier molecular flexibility index (Phi) is 8.55. The van der Waals surface area contributed by atoms with Gasteiger partial charge in [-0.2, -0.15) is 0 Å². The van der Waals surface area contributed by atoms with Crippen LogP contribution >= 0.6 is 0 Å². The minimum absolute atomic E-state index is 0.0562. The molecule has 0 spiro atoms. The third-order valence-electron chi connectivity index (χ3n) is 10.7. The highest BCUT2D eigenvalue weighted by Gasteiger charge is 2.60. The van der Waals surface area contributed by atoms with Crippen molar-refractivity contribution in [2.45, 2.75) is 165 Å². The highest BCUT2D eigenvalue weighted by molar-refractivity contribution is 6.20. The molecule has 6 aliphatic rings. The van der Waals surface area contributed by atoms with Crippen LogP contribution < -0.4 is 16.0 Å². The second kappa shape index (κ2) is 11.8. The molecular weight excluding hydrogens is 577 g/mol. The fourth-order valence-corrected chi connectivity index (χ4v) is 9.50. The van der Waals surface area contributed by atoms with Crippen molar-refractivity contribution < 1.29 is 28.2 Å². The van der Waals surface area contributed by atoms with E-state index in [-0.39, 0.29) is 65.0 Å². The van der Waals surface area contributed by atoms with Crippen LogP contribution in [0.25, 0.3) is 0 Å².